The van der Waals surface area contributed by atoms with Crippen molar-refractivity contribution >= 4 is 28.7 Å². The molecule has 3 N–H and O–H groups in total. The summed E-state index contributed by atoms with van der Waals surface area (Å²) in [6.45, 7) is 1.07. The minimum absolute atomic E-state index is 0.0520. The summed E-state index contributed by atoms with van der Waals surface area (Å²) in [5.41, 5.74) is 1.21. The fourth-order valence-corrected chi connectivity index (χ4v) is 4.01. The van der Waals surface area contributed by atoms with Crippen molar-refractivity contribution in [1.82, 2.24) is 15.2 Å². The first kappa shape index (κ1) is 16.6. The highest BCUT2D eigenvalue weighted by atomic mass is 16.4. The number of nitrogens with one attached hydrogen (secondary N) is 2. The largest absolute Gasteiger partial charge is 0.481 e. The molecule has 7 heteroatoms. The van der Waals surface area contributed by atoms with Crippen LogP contribution in [0.3, 0.4) is 0 Å². The lowest BCUT2D eigenvalue weighted by Crippen LogP contribution is -2.45. The zero-order valence-corrected chi connectivity index (χ0v) is 14.3. The number of fused-ring (bicyclic) bond motifs is 1. The number of aromatic nitrogens is 1. The zero-order chi connectivity index (χ0) is 18.3. The van der Waals surface area contributed by atoms with Gasteiger partial charge in [0.05, 0.1) is 12.5 Å². The lowest BCUT2D eigenvalue weighted by atomic mass is 9.91. The smallest absolute Gasteiger partial charge is 0.307 e. The molecule has 2 fully saturated rings. The van der Waals surface area contributed by atoms with Crippen LogP contribution in [0.5, 0.6) is 0 Å². The third kappa shape index (κ3) is 2.94. The quantitative estimate of drug-likeness (QED) is 0.775. The first-order valence-electron chi connectivity index (χ1n) is 8.85. The molecular formula is C19H21N3O4. The third-order valence-corrected chi connectivity index (χ3v) is 5.77. The van der Waals surface area contributed by atoms with Crippen molar-refractivity contribution in [3.63, 3.8) is 0 Å². The van der Waals surface area contributed by atoms with Gasteiger partial charge in [0.1, 0.15) is 5.69 Å². The maximum absolute atomic E-state index is 12.3. The van der Waals surface area contributed by atoms with Crippen molar-refractivity contribution in [3.05, 3.63) is 36.0 Å². The summed E-state index contributed by atoms with van der Waals surface area (Å²) in [4.78, 5) is 40.4. The van der Waals surface area contributed by atoms with Gasteiger partial charge in [-0.15, -0.1) is 0 Å². The molecule has 2 aliphatic rings. The molecule has 7 nitrogen and oxygen atoms in total. The summed E-state index contributed by atoms with van der Waals surface area (Å²) in [5, 5.41) is 12.7. The number of benzene rings is 1. The number of hydrogen-bond acceptors (Lipinski definition) is 3. The molecule has 1 unspecified atom stereocenters. The van der Waals surface area contributed by atoms with Crippen LogP contribution >= 0.6 is 0 Å². The SMILES string of the molecule is O=C(NCC(=O)N1CCC2(CC1)CC2C(=O)O)c1cc2ccccc2[nH]1. The zero-order valence-electron chi connectivity index (χ0n) is 14.3. The van der Waals surface area contributed by atoms with Gasteiger partial charge in [-0.25, -0.2) is 0 Å². The second kappa shape index (κ2) is 6.16. The molecule has 4 rings (SSSR count). The molecular weight excluding hydrogens is 334 g/mol. The molecule has 2 heterocycles. The predicted octanol–water partition coefficient (Wildman–Crippen LogP) is 1.61. The van der Waals surface area contributed by atoms with Gasteiger partial charge >= 0.3 is 5.97 Å². The van der Waals surface area contributed by atoms with Gasteiger partial charge in [-0.05, 0) is 36.8 Å². The topological polar surface area (TPSA) is 102 Å². The van der Waals surface area contributed by atoms with Crippen molar-refractivity contribution < 1.29 is 19.5 Å². The number of para-hydroxylation sites is 1. The number of carbonyl (C=O) groups excluding carboxylic acids is 2. The van der Waals surface area contributed by atoms with Gasteiger partial charge in [0.15, 0.2) is 0 Å². The number of likely N-dealkylation sites (tertiary alicyclic amines) is 1. The summed E-state index contributed by atoms with van der Waals surface area (Å²) in [6.07, 6.45) is 2.18. The number of carboxylic acids is 1. The van der Waals surface area contributed by atoms with Gasteiger partial charge in [0.2, 0.25) is 5.91 Å². The van der Waals surface area contributed by atoms with Gasteiger partial charge in [-0.3, -0.25) is 14.4 Å². The van der Waals surface area contributed by atoms with Crippen LogP contribution in [0, 0.1) is 11.3 Å². The number of carbonyl (C=O) groups is 3. The molecule has 0 radical (unpaired) electrons. The summed E-state index contributed by atoms with van der Waals surface area (Å²) < 4.78 is 0. The number of hydrogen-bond donors (Lipinski definition) is 3. The van der Waals surface area contributed by atoms with E-state index in [0.29, 0.717) is 18.8 Å². The van der Waals surface area contributed by atoms with Gasteiger partial charge < -0.3 is 20.3 Å². The molecule has 1 aliphatic carbocycles. The van der Waals surface area contributed by atoms with E-state index < -0.39 is 5.97 Å². The Morgan fingerprint density at radius 3 is 2.62 bits per heavy atom. The number of aliphatic carboxylic acids is 1. The summed E-state index contributed by atoms with van der Waals surface area (Å²) >= 11 is 0. The maximum atomic E-state index is 12.3. The van der Waals surface area contributed by atoms with Gasteiger partial charge in [0.25, 0.3) is 5.91 Å². The van der Waals surface area contributed by atoms with Crippen LogP contribution in [0.25, 0.3) is 10.9 Å². The standard InChI is InChI=1S/C19H21N3O4/c23-16(22-7-5-19(6-8-22)10-13(19)18(25)26)11-20-17(24)15-9-12-3-1-2-4-14(12)21-15/h1-4,9,13,21H,5-8,10-11H2,(H,20,24)(H,25,26). The maximum Gasteiger partial charge on any atom is 0.307 e. The van der Waals surface area contributed by atoms with Crippen LogP contribution in [0.4, 0.5) is 0 Å². The van der Waals surface area contributed by atoms with Crippen molar-refractivity contribution in [1.29, 1.82) is 0 Å². The number of carboxylic acid groups (broad SMARTS) is 1. The van der Waals surface area contributed by atoms with E-state index in [4.69, 9.17) is 5.11 Å². The first-order valence-corrected chi connectivity index (χ1v) is 8.85. The molecule has 2 aromatic rings. The third-order valence-electron chi connectivity index (χ3n) is 5.77. The minimum atomic E-state index is -0.727. The summed E-state index contributed by atoms with van der Waals surface area (Å²) in [7, 11) is 0. The monoisotopic (exact) mass is 355 g/mol. The average Bonchev–Trinajstić information content (AvgIpc) is 3.16. The number of rotatable bonds is 4. The van der Waals surface area contributed by atoms with Gasteiger partial charge in [-0.1, -0.05) is 18.2 Å². The summed E-state index contributed by atoms with van der Waals surface area (Å²) in [5.74, 6) is -1.41. The lowest BCUT2D eigenvalue weighted by Gasteiger charge is -2.32. The van der Waals surface area contributed by atoms with Crippen LogP contribution in [0.15, 0.2) is 30.3 Å². The van der Waals surface area contributed by atoms with E-state index in [1.165, 1.54) is 0 Å². The van der Waals surface area contributed by atoms with E-state index >= 15 is 0 Å². The number of piperidine rings is 1. The second-order valence-corrected chi connectivity index (χ2v) is 7.29. The Morgan fingerprint density at radius 1 is 1.23 bits per heavy atom. The van der Waals surface area contributed by atoms with E-state index in [9.17, 15) is 14.4 Å². The Morgan fingerprint density at radius 2 is 1.96 bits per heavy atom. The Kier molecular flexibility index (Phi) is 3.94. The second-order valence-electron chi connectivity index (χ2n) is 7.29. The fourth-order valence-electron chi connectivity index (χ4n) is 4.01. The minimum Gasteiger partial charge on any atom is -0.481 e. The highest BCUT2D eigenvalue weighted by Gasteiger charge is 2.59. The van der Waals surface area contributed by atoms with Crippen LogP contribution < -0.4 is 5.32 Å². The van der Waals surface area contributed by atoms with Crippen LogP contribution in [0.1, 0.15) is 29.8 Å². The van der Waals surface area contributed by atoms with Gasteiger partial charge in [0, 0.05) is 24.0 Å². The van der Waals surface area contributed by atoms with Crippen molar-refractivity contribution in [2.75, 3.05) is 19.6 Å². The number of aromatic amines is 1. The first-order chi connectivity index (χ1) is 12.5. The Hall–Kier alpha value is -2.83. The van der Waals surface area contributed by atoms with E-state index in [0.717, 1.165) is 30.2 Å². The Labute approximate surface area is 150 Å². The molecule has 1 aromatic carbocycles. The lowest BCUT2D eigenvalue weighted by molar-refractivity contribution is -0.139. The molecule has 0 bridgehead atoms. The van der Waals surface area contributed by atoms with E-state index in [1.807, 2.05) is 24.3 Å². The molecule has 1 saturated carbocycles. The summed E-state index contributed by atoms with van der Waals surface area (Å²) in [6, 6.07) is 9.36. The Balaban J connectivity index is 1.29. The number of nitrogens with zero attached hydrogens (tertiary/aromatic N) is 1. The molecule has 1 spiro atoms. The molecule has 1 atom stereocenters. The molecule has 1 saturated heterocycles. The molecule has 1 aliphatic heterocycles. The van der Waals surface area contributed by atoms with Crippen molar-refractivity contribution in [2.45, 2.75) is 19.3 Å². The van der Waals surface area contributed by atoms with Crippen molar-refractivity contribution in [2.24, 2.45) is 11.3 Å². The van der Waals surface area contributed by atoms with Crippen LogP contribution in [-0.2, 0) is 9.59 Å². The Bertz CT molecular complexity index is 847. The van der Waals surface area contributed by atoms with Crippen molar-refractivity contribution in [3.8, 4) is 0 Å². The molecule has 2 amide bonds. The molecule has 136 valence electrons. The molecule has 1 aromatic heterocycles. The normalized spacial score (nSPS) is 20.9. The van der Waals surface area contributed by atoms with Gasteiger partial charge in [-0.2, -0.15) is 0 Å². The highest BCUT2D eigenvalue weighted by molar-refractivity contribution is 5.99. The molecule has 26 heavy (non-hydrogen) atoms. The van der Waals surface area contributed by atoms with E-state index in [2.05, 4.69) is 10.3 Å². The van der Waals surface area contributed by atoms with Crippen LogP contribution in [-0.4, -0.2) is 52.4 Å². The highest BCUT2D eigenvalue weighted by Crippen LogP contribution is 2.59. The number of amides is 2. The number of H-pyrrole nitrogens is 1. The fraction of sp³-hybridized carbons (Fsp3) is 0.421. The average molecular weight is 355 g/mol. The van der Waals surface area contributed by atoms with E-state index in [-0.39, 0.29) is 29.7 Å². The van der Waals surface area contributed by atoms with Crippen LogP contribution in [0.2, 0.25) is 0 Å². The van der Waals surface area contributed by atoms with E-state index in [1.54, 1.807) is 11.0 Å². The predicted molar refractivity (Wildman–Crippen MR) is 94.6 cm³/mol.